The van der Waals surface area contributed by atoms with Crippen LogP contribution >= 0.6 is 0 Å². The molecule has 0 bridgehead atoms. The van der Waals surface area contributed by atoms with Crippen LogP contribution in [-0.4, -0.2) is 40.4 Å². The molecule has 0 spiro atoms. The van der Waals surface area contributed by atoms with Gasteiger partial charge in [-0.2, -0.15) is 0 Å². The van der Waals surface area contributed by atoms with E-state index in [4.69, 9.17) is 5.73 Å². The molecule has 0 saturated heterocycles. The predicted octanol–water partition coefficient (Wildman–Crippen LogP) is 0.354. The van der Waals surface area contributed by atoms with Crippen molar-refractivity contribution < 1.29 is 19.5 Å². The lowest BCUT2D eigenvalue weighted by atomic mass is 10.1. The number of carboxylic acids is 1. The molecule has 106 valence electrons. The molecule has 0 heterocycles. The van der Waals surface area contributed by atoms with Crippen molar-refractivity contribution >= 4 is 17.8 Å². The highest BCUT2D eigenvalue weighted by Gasteiger charge is 2.45. The third kappa shape index (κ3) is 3.32. The van der Waals surface area contributed by atoms with E-state index in [0.29, 0.717) is 13.0 Å². The standard InChI is InChI=1S/C13H20N2O4/c14-7-1-2-10(13(18)19)15(11(16)8-3-4-8)12(17)9-5-6-9/h8-10H,1-7,14H2,(H,18,19). The summed E-state index contributed by atoms with van der Waals surface area (Å²) in [6, 6.07) is -1.05. The quantitative estimate of drug-likeness (QED) is 0.649. The summed E-state index contributed by atoms with van der Waals surface area (Å²) in [6.45, 7) is 0.354. The van der Waals surface area contributed by atoms with Crippen LogP contribution in [-0.2, 0) is 14.4 Å². The minimum atomic E-state index is -1.11. The van der Waals surface area contributed by atoms with Gasteiger partial charge in [-0.05, 0) is 45.1 Å². The highest BCUT2D eigenvalue weighted by atomic mass is 16.4. The third-order valence-corrected chi connectivity index (χ3v) is 3.61. The largest absolute Gasteiger partial charge is 0.480 e. The van der Waals surface area contributed by atoms with Gasteiger partial charge in [0.25, 0.3) is 0 Å². The number of hydrogen-bond donors (Lipinski definition) is 2. The van der Waals surface area contributed by atoms with Crippen molar-refractivity contribution in [1.82, 2.24) is 4.90 Å². The maximum Gasteiger partial charge on any atom is 0.326 e. The zero-order valence-electron chi connectivity index (χ0n) is 10.9. The summed E-state index contributed by atoms with van der Waals surface area (Å²) in [5.74, 6) is -2.02. The van der Waals surface area contributed by atoms with Crippen molar-refractivity contribution in [3.05, 3.63) is 0 Å². The Morgan fingerprint density at radius 3 is 1.89 bits per heavy atom. The topological polar surface area (TPSA) is 101 Å². The molecule has 6 heteroatoms. The van der Waals surface area contributed by atoms with E-state index in [0.717, 1.165) is 30.6 Å². The first-order valence-electron chi connectivity index (χ1n) is 6.86. The van der Waals surface area contributed by atoms with E-state index in [2.05, 4.69) is 0 Å². The first-order chi connectivity index (χ1) is 9.06. The van der Waals surface area contributed by atoms with Crippen LogP contribution in [0.5, 0.6) is 0 Å². The maximum atomic E-state index is 12.2. The predicted molar refractivity (Wildman–Crippen MR) is 67.0 cm³/mol. The lowest BCUT2D eigenvalue weighted by Crippen LogP contribution is -2.50. The molecule has 2 saturated carbocycles. The molecule has 3 N–H and O–H groups in total. The molecule has 0 radical (unpaired) electrons. The smallest absolute Gasteiger partial charge is 0.326 e. The number of rotatable bonds is 7. The van der Waals surface area contributed by atoms with Crippen LogP contribution < -0.4 is 5.73 Å². The van der Waals surface area contributed by atoms with Crippen molar-refractivity contribution in [3.8, 4) is 0 Å². The van der Waals surface area contributed by atoms with E-state index in [1.807, 2.05) is 0 Å². The third-order valence-electron chi connectivity index (χ3n) is 3.61. The molecule has 2 aliphatic rings. The van der Waals surface area contributed by atoms with E-state index < -0.39 is 12.0 Å². The van der Waals surface area contributed by atoms with Crippen molar-refractivity contribution in [2.24, 2.45) is 17.6 Å². The van der Waals surface area contributed by atoms with Gasteiger partial charge in [-0.1, -0.05) is 0 Å². The molecule has 1 unspecified atom stereocenters. The normalized spacial score (nSPS) is 19.8. The van der Waals surface area contributed by atoms with Gasteiger partial charge in [-0.3, -0.25) is 14.5 Å². The number of nitrogens with zero attached hydrogens (tertiary/aromatic N) is 1. The van der Waals surface area contributed by atoms with E-state index in [9.17, 15) is 19.5 Å². The number of amides is 2. The molecule has 1 atom stereocenters. The Bertz CT molecular complexity index is 364. The number of carboxylic acid groups (broad SMARTS) is 1. The molecule has 2 amide bonds. The van der Waals surface area contributed by atoms with Gasteiger partial charge in [0.2, 0.25) is 11.8 Å². The van der Waals surface area contributed by atoms with Gasteiger partial charge in [0.05, 0.1) is 0 Å². The number of hydrogen-bond acceptors (Lipinski definition) is 4. The van der Waals surface area contributed by atoms with Gasteiger partial charge in [0.1, 0.15) is 6.04 Å². The van der Waals surface area contributed by atoms with Crippen molar-refractivity contribution in [3.63, 3.8) is 0 Å². The number of nitrogens with two attached hydrogens (primary N) is 1. The molecule has 2 aliphatic carbocycles. The molecule has 0 aromatic carbocycles. The van der Waals surface area contributed by atoms with Crippen molar-refractivity contribution in [2.75, 3.05) is 6.54 Å². The number of carbonyl (C=O) groups is 3. The maximum absolute atomic E-state index is 12.2. The number of aliphatic carboxylic acids is 1. The van der Waals surface area contributed by atoms with Crippen LogP contribution in [0.2, 0.25) is 0 Å². The summed E-state index contributed by atoms with van der Waals surface area (Å²) in [5, 5.41) is 9.29. The Kier molecular flexibility index (Phi) is 4.19. The van der Waals surface area contributed by atoms with Gasteiger partial charge in [-0.25, -0.2) is 4.79 Å². The Balaban J connectivity index is 2.14. The summed E-state index contributed by atoms with van der Waals surface area (Å²) in [7, 11) is 0. The lowest BCUT2D eigenvalue weighted by Gasteiger charge is -2.27. The first kappa shape index (κ1) is 14.0. The lowest BCUT2D eigenvalue weighted by molar-refractivity contribution is -0.159. The molecule has 0 aliphatic heterocycles. The zero-order chi connectivity index (χ0) is 14.0. The van der Waals surface area contributed by atoms with Crippen LogP contribution in [0.15, 0.2) is 0 Å². The van der Waals surface area contributed by atoms with E-state index in [1.54, 1.807) is 0 Å². The molecule has 0 aromatic rings. The second-order valence-corrected chi connectivity index (χ2v) is 5.38. The second kappa shape index (κ2) is 5.69. The molecular formula is C13H20N2O4. The molecule has 6 nitrogen and oxygen atoms in total. The fourth-order valence-corrected chi connectivity index (χ4v) is 2.14. The summed E-state index contributed by atoms with van der Waals surface area (Å²) in [4.78, 5) is 36.8. The Morgan fingerprint density at radius 2 is 1.58 bits per heavy atom. The van der Waals surface area contributed by atoms with Crippen molar-refractivity contribution in [1.29, 1.82) is 0 Å². The molecular weight excluding hydrogens is 248 g/mol. The summed E-state index contributed by atoms with van der Waals surface area (Å²) in [5.41, 5.74) is 5.39. The molecule has 19 heavy (non-hydrogen) atoms. The Morgan fingerprint density at radius 1 is 1.11 bits per heavy atom. The first-order valence-corrected chi connectivity index (χ1v) is 6.86. The molecule has 2 fully saturated rings. The van der Waals surface area contributed by atoms with Crippen molar-refractivity contribution in [2.45, 2.75) is 44.6 Å². The average Bonchev–Trinajstić information content (AvgIpc) is 3.24. The van der Waals surface area contributed by atoms with Crippen LogP contribution in [0, 0.1) is 11.8 Å². The minimum Gasteiger partial charge on any atom is -0.480 e. The zero-order valence-corrected chi connectivity index (χ0v) is 10.9. The van der Waals surface area contributed by atoms with Gasteiger partial charge in [-0.15, -0.1) is 0 Å². The van der Waals surface area contributed by atoms with Crippen LogP contribution in [0.1, 0.15) is 38.5 Å². The Labute approximate surface area is 111 Å². The van der Waals surface area contributed by atoms with Gasteiger partial charge in [0.15, 0.2) is 0 Å². The SMILES string of the molecule is NCCCC(C(=O)O)N(C(=O)C1CC1)C(=O)C1CC1. The van der Waals surface area contributed by atoms with Gasteiger partial charge >= 0.3 is 5.97 Å². The number of imide groups is 1. The molecule has 2 rings (SSSR count). The summed E-state index contributed by atoms with van der Waals surface area (Å²) < 4.78 is 0. The molecule has 0 aromatic heterocycles. The van der Waals surface area contributed by atoms with Crippen LogP contribution in [0.3, 0.4) is 0 Å². The van der Waals surface area contributed by atoms with Gasteiger partial charge < -0.3 is 10.8 Å². The number of carbonyl (C=O) groups excluding carboxylic acids is 2. The van der Waals surface area contributed by atoms with Gasteiger partial charge in [0, 0.05) is 11.8 Å². The monoisotopic (exact) mass is 268 g/mol. The highest BCUT2D eigenvalue weighted by molar-refractivity contribution is 6.02. The van der Waals surface area contributed by atoms with Crippen LogP contribution in [0.4, 0.5) is 0 Å². The second-order valence-electron chi connectivity index (χ2n) is 5.38. The minimum absolute atomic E-state index is 0.151. The Hall–Kier alpha value is -1.43. The van der Waals surface area contributed by atoms with E-state index >= 15 is 0 Å². The summed E-state index contributed by atoms with van der Waals surface area (Å²) in [6.07, 6.45) is 3.77. The summed E-state index contributed by atoms with van der Waals surface area (Å²) >= 11 is 0. The van der Waals surface area contributed by atoms with Crippen LogP contribution in [0.25, 0.3) is 0 Å². The fraction of sp³-hybridized carbons (Fsp3) is 0.769. The van der Waals surface area contributed by atoms with E-state index in [-0.39, 0.29) is 30.1 Å². The average molecular weight is 268 g/mol. The fourth-order valence-electron chi connectivity index (χ4n) is 2.14. The highest BCUT2D eigenvalue weighted by Crippen LogP contribution is 2.36. The van der Waals surface area contributed by atoms with E-state index in [1.165, 1.54) is 0 Å².